The van der Waals surface area contributed by atoms with Crippen molar-refractivity contribution >= 4 is 31.5 Å². The van der Waals surface area contributed by atoms with Crippen molar-refractivity contribution in [3.63, 3.8) is 0 Å². The summed E-state index contributed by atoms with van der Waals surface area (Å²) in [7, 11) is -1.77. The number of hydrogen-bond donors (Lipinski definition) is 1. The number of nitrogens with zero attached hydrogens (tertiary/aromatic N) is 1. The summed E-state index contributed by atoms with van der Waals surface area (Å²) >= 11 is 12.8. The van der Waals surface area contributed by atoms with E-state index in [-0.39, 0.29) is 6.10 Å². The molecule has 1 aromatic rings. The number of nitrogens with one attached hydrogen (secondary N) is 1. The molecular formula is C18H32Cl2N2OSi. The van der Waals surface area contributed by atoms with Crippen LogP contribution in [0.2, 0.25) is 28.2 Å². The minimum atomic E-state index is -1.77. The fraction of sp³-hybridized carbons (Fsp3) is 0.722. The molecule has 0 saturated heterocycles. The SMILES string of the molecule is CC[Si](CC)(CC)OC(CNCCC(C)C)c1c(Cl)cncc1Cl. The zero-order chi connectivity index (χ0) is 18.2. The highest BCUT2D eigenvalue weighted by Crippen LogP contribution is 2.36. The highest BCUT2D eigenvalue weighted by Gasteiger charge is 2.33. The summed E-state index contributed by atoms with van der Waals surface area (Å²) in [6.07, 6.45) is 4.33. The largest absolute Gasteiger partial charge is 0.409 e. The third kappa shape index (κ3) is 6.30. The van der Waals surface area contributed by atoms with Gasteiger partial charge in [-0.3, -0.25) is 4.98 Å². The predicted molar refractivity (Wildman–Crippen MR) is 108 cm³/mol. The van der Waals surface area contributed by atoms with E-state index in [2.05, 4.69) is 44.9 Å². The van der Waals surface area contributed by atoms with Gasteiger partial charge >= 0.3 is 0 Å². The van der Waals surface area contributed by atoms with Crippen LogP contribution in [-0.2, 0) is 4.43 Å². The van der Waals surface area contributed by atoms with Crippen LogP contribution in [0.25, 0.3) is 0 Å². The first-order valence-corrected chi connectivity index (χ1v) is 12.3. The second kappa shape index (κ2) is 10.8. The lowest BCUT2D eigenvalue weighted by atomic mass is 10.1. The van der Waals surface area contributed by atoms with Gasteiger partial charge in [-0.05, 0) is 37.0 Å². The molecule has 1 atom stereocenters. The summed E-state index contributed by atoms with van der Waals surface area (Å²) in [5.74, 6) is 0.681. The van der Waals surface area contributed by atoms with Crippen LogP contribution in [-0.4, -0.2) is 26.4 Å². The van der Waals surface area contributed by atoms with Gasteiger partial charge in [-0.1, -0.05) is 57.8 Å². The van der Waals surface area contributed by atoms with Gasteiger partial charge in [-0.15, -0.1) is 0 Å². The van der Waals surface area contributed by atoms with E-state index in [0.29, 0.717) is 16.0 Å². The van der Waals surface area contributed by atoms with Crippen molar-refractivity contribution in [1.29, 1.82) is 0 Å². The second-order valence-corrected chi connectivity index (χ2v) is 12.3. The number of hydrogen-bond acceptors (Lipinski definition) is 3. The lowest BCUT2D eigenvalue weighted by Crippen LogP contribution is -2.40. The first-order chi connectivity index (χ1) is 11.4. The molecular weight excluding hydrogens is 359 g/mol. The Morgan fingerprint density at radius 3 is 2.08 bits per heavy atom. The Labute approximate surface area is 158 Å². The van der Waals surface area contributed by atoms with Gasteiger partial charge in [0.2, 0.25) is 0 Å². The van der Waals surface area contributed by atoms with Gasteiger partial charge in [-0.25, -0.2) is 0 Å². The summed E-state index contributed by atoms with van der Waals surface area (Å²) < 4.78 is 6.72. The Bertz CT molecular complexity index is 467. The first-order valence-electron chi connectivity index (χ1n) is 9.06. The third-order valence-corrected chi connectivity index (χ3v) is 10.0. The highest BCUT2D eigenvalue weighted by atomic mass is 35.5. The maximum Gasteiger partial charge on any atom is 0.192 e. The summed E-state index contributed by atoms with van der Waals surface area (Å²) in [6.45, 7) is 12.9. The van der Waals surface area contributed by atoms with Crippen molar-refractivity contribution < 1.29 is 4.43 Å². The maximum atomic E-state index is 6.72. The molecule has 138 valence electrons. The van der Waals surface area contributed by atoms with Crippen LogP contribution in [0.15, 0.2) is 12.4 Å². The Balaban J connectivity index is 2.99. The van der Waals surface area contributed by atoms with Crippen LogP contribution in [0.1, 0.15) is 52.7 Å². The Kier molecular flexibility index (Phi) is 9.83. The van der Waals surface area contributed by atoms with Crippen molar-refractivity contribution in [2.45, 2.75) is 65.3 Å². The zero-order valence-corrected chi connectivity index (χ0v) is 18.2. The molecule has 0 saturated carbocycles. The molecule has 0 aliphatic rings. The third-order valence-electron chi connectivity index (χ3n) is 4.77. The molecule has 0 aliphatic heterocycles. The molecule has 6 heteroatoms. The van der Waals surface area contributed by atoms with Crippen LogP contribution in [0.5, 0.6) is 0 Å². The normalized spacial score (nSPS) is 13.5. The Morgan fingerprint density at radius 1 is 1.08 bits per heavy atom. The predicted octanol–water partition coefficient (Wildman–Crippen LogP) is 6.09. The average molecular weight is 391 g/mol. The second-order valence-electron chi connectivity index (χ2n) is 6.75. The number of halogens is 2. The highest BCUT2D eigenvalue weighted by molar-refractivity contribution is 6.73. The van der Waals surface area contributed by atoms with Gasteiger partial charge in [0, 0.05) is 24.5 Å². The molecule has 1 heterocycles. The molecule has 0 amide bonds. The van der Waals surface area contributed by atoms with Gasteiger partial charge in [-0.2, -0.15) is 0 Å². The molecule has 1 unspecified atom stereocenters. The fourth-order valence-corrected chi connectivity index (χ4v) is 6.27. The van der Waals surface area contributed by atoms with Crippen LogP contribution >= 0.6 is 23.2 Å². The molecule has 24 heavy (non-hydrogen) atoms. The standard InChI is InChI=1S/C18H32Cl2N2OSi/c1-6-24(7-2,8-3)23-17(13-21-10-9-14(4)5)18-15(19)11-22-12-16(18)20/h11-12,14,17,21H,6-10,13H2,1-5H3. The molecule has 1 N–H and O–H groups in total. The van der Waals surface area contributed by atoms with Gasteiger partial charge < -0.3 is 9.74 Å². The Morgan fingerprint density at radius 2 is 1.62 bits per heavy atom. The van der Waals surface area contributed by atoms with Gasteiger partial charge in [0.05, 0.1) is 16.1 Å². The van der Waals surface area contributed by atoms with E-state index < -0.39 is 8.32 Å². The number of rotatable bonds is 11. The van der Waals surface area contributed by atoms with Crippen molar-refractivity contribution in [3.05, 3.63) is 28.0 Å². The van der Waals surface area contributed by atoms with E-state index in [9.17, 15) is 0 Å². The molecule has 0 aromatic carbocycles. The van der Waals surface area contributed by atoms with E-state index >= 15 is 0 Å². The number of aromatic nitrogens is 1. The summed E-state index contributed by atoms with van der Waals surface area (Å²) in [5, 5.41) is 4.70. The van der Waals surface area contributed by atoms with E-state index in [4.69, 9.17) is 27.6 Å². The molecule has 3 nitrogen and oxygen atoms in total. The van der Waals surface area contributed by atoms with E-state index in [1.54, 1.807) is 12.4 Å². The average Bonchev–Trinajstić information content (AvgIpc) is 2.55. The molecule has 0 fully saturated rings. The molecule has 0 spiro atoms. The van der Waals surface area contributed by atoms with E-state index in [1.165, 1.54) is 0 Å². The van der Waals surface area contributed by atoms with Crippen LogP contribution in [0, 0.1) is 5.92 Å². The minimum Gasteiger partial charge on any atom is -0.409 e. The van der Waals surface area contributed by atoms with Crippen LogP contribution in [0.4, 0.5) is 0 Å². The molecule has 1 rings (SSSR count). The van der Waals surface area contributed by atoms with E-state index in [0.717, 1.165) is 43.2 Å². The van der Waals surface area contributed by atoms with Gasteiger partial charge in [0.15, 0.2) is 8.32 Å². The van der Waals surface area contributed by atoms with Crippen molar-refractivity contribution in [1.82, 2.24) is 10.3 Å². The number of pyridine rings is 1. The molecule has 1 aromatic heterocycles. The summed E-state index contributed by atoms with van der Waals surface area (Å²) in [5.41, 5.74) is 0.873. The summed E-state index contributed by atoms with van der Waals surface area (Å²) in [6, 6.07) is 3.30. The van der Waals surface area contributed by atoms with Crippen molar-refractivity contribution in [3.8, 4) is 0 Å². The maximum absolute atomic E-state index is 6.72. The van der Waals surface area contributed by atoms with Gasteiger partial charge in [0.1, 0.15) is 0 Å². The van der Waals surface area contributed by atoms with Gasteiger partial charge in [0.25, 0.3) is 0 Å². The van der Waals surface area contributed by atoms with E-state index in [1.807, 2.05) is 0 Å². The fourth-order valence-electron chi connectivity index (χ4n) is 2.86. The lowest BCUT2D eigenvalue weighted by molar-refractivity contribution is 0.186. The quantitative estimate of drug-likeness (QED) is 0.366. The molecule has 0 radical (unpaired) electrons. The van der Waals surface area contributed by atoms with Crippen LogP contribution < -0.4 is 5.32 Å². The monoisotopic (exact) mass is 390 g/mol. The van der Waals surface area contributed by atoms with Crippen molar-refractivity contribution in [2.75, 3.05) is 13.1 Å². The summed E-state index contributed by atoms with van der Waals surface area (Å²) in [4.78, 5) is 4.07. The smallest absolute Gasteiger partial charge is 0.192 e. The first kappa shape index (κ1) is 21.9. The Hall–Kier alpha value is -0.133. The molecule has 0 bridgehead atoms. The zero-order valence-electron chi connectivity index (χ0n) is 15.7. The lowest BCUT2D eigenvalue weighted by Gasteiger charge is -2.34. The van der Waals surface area contributed by atoms with Crippen molar-refractivity contribution in [2.24, 2.45) is 5.92 Å². The van der Waals surface area contributed by atoms with Crippen LogP contribution in [0.3, 0.4) is 0 Å². The minimum absolute atomic E-state index is 0.119. The topological polar surface area (TPSA) is 34.1 Å². The molecule has 0 aliphatic carbocycles.